The third-order valence-electron chi connectivity index (χ3n) is 4.48. The van der Waals surface area contributed by atoms with E-state index >= 15 is 0 Å². The molecule has 0 radical (unpaired) electrons. The zero-order valence-corrected chi connectivity index (χ0v) is 17.7. The fourth-order valence-electron chi connectivity index (χ4n) is 3.19. The van der Waals surface area contributed by atoms with E-state index in [4.69, 9.17) is 0 Å². The second kappa shape index (κ2) is 7.81. The molecule has 28 heavy (non-hydrogen) atoms. The molecular weight excluding hydrogens is 438 g/mol. The number of benzene rings is 2. The van der Waals surface area contributed by atoms with Crippen LogP contribution in [0, 0.1) is 0 Å². The number of allylic oxidation sites excluding steroid dienone is 1. The van der Waals surface area contributed by atoms with Crippen molar-refractivity contribution in [2.24, 2.45) is 0 Å². The molecule has 1 aromatic heterocycles. The van der Waals surface area contributed by atoms with E-state index in [1.165, 1.54) is 11.8 Å². The topological polar surface area (TPSA) is 71.8 Å². The monoisotopic (exact) mass is 455 g/mol. The Balaban J connectivity index is 1.76. The summed E-state index contributed by atoms with van der Waals surface area (Å²) in [6.45, 7) is 1.89. The molecule has 0 bridgehead atoms. The maximum Gasteiger partial charge on any atom is 0.255 e. The molecule has 4 rings (SSSR count). The van der Waals surface area contributed by atoms with Gasteiger partial charge in [0.05, 0.1) is 5.57 Å². The highest BCUT2D eigenvalue weighted by atomic mass is 79.9. The molecule has 2 aromatic carbocycles. The summed E-state index contributed by atoms with van der Waals surface area (Å²) in [7, 11) is 0. The van der Waals surface area contributed by atoms with Crippen molar-refractivity contribution >= 4 is 45.2 Å². The van der Waals surface area contributed by atoms with Crippen molar-refractivity contribution in [3.8, 4) is 0 Å². The van der Waals surface area contributed by atoms with Gasteiger partial charge < -0.3 is 10.6 Å². The number of rotatable bonds is 4. The zero-order chi connectivity index (χ0) is 19.7. The van der Waals surface area contributed by atoms with Crippen LogP contribution in [0.1, 0.15) is 18.5 Å². The van der Waals surface area contributed by atoms with E-state index in [0.717, 1.165) is 21.4 Å². The van der Waals surface area contributed by atoms with Gasteiger partial charge in [0, 0.05) is 15.9 Å². The summed E-state index contributed by atoms with van der Waals surface area (Å²) in [6.07, 6.45) is 1.93. The van der Waals surface area contributed by atoms with Crippen LogP contribution in [0.3, 0.4) is 0 Å². The fraction of sp³-hybridized carbons (Fsp3) is 0.150. The highest BCUT2D eigenvalue weighted by molar-refractivity contribution is 9.10. The third-order valence-corrected chi connectivity index (χ3v) is 5.54. The average Bonchev–Trinajstić information content (AvgIpc) is 3.12. The summed E-state index contributed by atoms with van der Waals surface area (Å²) >= 11 is 4.88. The standard InChI is InChI=1S/C20H18BrN5OS/c1-12-16(18(27)23-15-10-8-14(21)9-11-15)17(13-6-4-3-5-7-13)26-19(22-12)24-20(25-26)28-2/h3-11,17H,1-2H3,(H,23,27)(H,22,24,25)/t17-/m1/s1. The maximum atomic E-state index is 13.2. The molecule has 6 nitrogen and oxygen atoms in total. The minimum Gasteiger partial charge on any atom is -0.328 e. The van der Waals surface area contributed by atoms with Gasteiger partial charge in [0.25, 0.3) is 5.91 Å². The van der Waals surface area contributed by atoms with Crippen molar-refractivity contribution in [1.82, 2.24) is 14.8 Å². The Morgan fingerprint density at radius 1 is 1.18 bits per heavy atom. The molecule has 0 spiro atoms. The Morgan fingerprint density at radius 3 is 2.57 bits per heavy atom. The van der Waals surface area contributed by atoms with Gasteiger partial charge in [0.15, 0.2) is 0 Å². The van der Waals surface area contributed by atoms with Crippen molar-refractivity contribution in [3.05, 3.63) is 75.9 Å². The summed E-state index contributed by atoms with van der Waals surface area (Å²) in [6, 6.07) is 17.0. The Labute approximate surface area is 175 Å². The van der Waals surface area contributed by atoms with Crippen molar-refractivity contribution in [1.29, 1.82) is 0 Å². The summed E-state index contributed by atoms with van der Waals surface area (Å²) < 4.78 is 2.74. The molecule has 1 aliphatic heterocycles. The number of anilines is 2. The Kier molecular flexibility index (Phi) is 5.23. The molecule has 1 aliphatic rings. The van der Waals surface area contributed by atoms with Crippen LogP contribution in [0.25, 0.3) is 0 Å². The number of aromatic nitrogens is 3. The van der Waals surface area contributed by atoms with Crippen LogP contribution in [-0.4, -0.2) is 26.9 Å². The highest BCUT2D eigenvalue weighted by Crippen LogP contribution is 2.36. The number of nitrogens with one attached hydrogen (secondary N) is 2. The number of nitrogens with zero attached hydrogens (tertiary/aromatic N) is 3. The quantitative estimate of drug-likeness (QED) is 0.558. The summed E-state index contributed by atoms with van der Waals surface area (Å²) in [5, 5.41) is 11.5. The molecule has 0 fully saturated rings. The molecule has 3 aromatic rings. The Bertz CT molecular complexity index is 1050. The predicted molar refractivity (Wildman–Crippen MR) is 115 cm³/mol. The number of amides is 1. The van der Waals surface area contributed by atoms with Crippen molar-refractivity contribution < 1.29 is 4.79 Å². The number of carbonyl (C=O) groups is 1. The van der Waals surface area contributed by atoms with Crippen LogP contribution in [-0.2, 0) is 4.79 Å². The number of hydrogen-bond donors (Lipinski definition) is 2. The van der Waals surface area contributed by atoms with Crippen LogP contribution in [0.5, 0.6) is 0 Å². The minimum atomic E-state index is -0.360. The number of hydrogen-bond acceptors (Lipinski definition) is 5. The second-order valence-electron chi connectivity index (χ2n) is 6.30. The van der Waals surface area contributed by atoms with Gasteiger partial charge in [-0.15, -0.1) is 5.10 Å². The average molecular weight is 456 g/mol. The summed E-state index contributed by atoms with van der Waals surface area (Å²) in [4.78, 5) is 17.8. The van der Waals surface area contributed by atoms with Crippen LogP contribution < -0.4 is 10.6 Å². The lowest BCUT2D eigenvalue weighted by molar-refractivity contribution is -0.113. The first-order valence-corrected chi connectivity index (χ1v) is 10.7. The first-order chi connectivity index (χ1) is 13.6. The molecule has 2 N–H and O–H groups in total. The van der Waals surface area contributed by atoms with Gasteiger partial charge in [-0.05, 0) is 43.0 Å². The zero-order valence-electron chi connectivity index (χ0n) is 15.3. The van der Waals surface area contributed by atoms with Gasteiger partial charge in [0.2, 0.25) is 11.1 Å². The first-order valence-electron chi connectivity index (χ1n) is 8.67. The third kappa shape index (κ3) is 3.57. The minimum absolute atomic E-state index is 0.173. The molecule has 1 atom stereocenters. The van der Waals surface area contributed by atoms with E-state index in [1.54, 1.807) is 4.68 Å². The van der Waals surface area contributed by atoms with E-state index in [9.17, 15) is 4.79 Å². The first kappa shape index (κ1) is 18.8. The molecule has 0 unspecified atom stereocenters. The van der Waals surface area contributed by atoms with Crippen LogP contribution in [0.4, 0.5) is 11.6 Å². The van der Waals surface area contributed by atoms with E-state index in [0.29, 0.717) is 16.7 Å². The summed E-state index contributed by atoms with van der Waals surface area (Å²) in [5.74, 6) is 0.462. The number of fused-ring (bicyclic) bond motifs is 1. The van der Waals surface area contributed by atoms with E-state index in [2.05, 4.69) is 36.6 Å². The molecule has 142 valence electrons. The molecular formula is C20H18BrN5OS. The lowest BCUT2D eigenvalue weighted by atomic mass is 9.95. The van der Waals surface area contributed by atoms with E-state index < -0.39 is 0 Å². The van der Waals surface area contributed by atoms with Gasteiger partial charge in [0.1, 0.15) is 6.04 Å². The largest absolute Gasteiger partial charge is 0.328 e. The van der Waals surface area contributed by atoms with Crippen LogP contribution >= 0.6 is 27.7 Å². The van der Waals surface area contributed by atoms with Gasteiger partial charge in [-0.25, -0.2) is 4.68 Å². The molecule has 0 saturated carbocycles. The molecule has 0 saturated heterocycles. The fourth-order valence-corrected chi connectivity index (χ4v) is 3.80. The van der Waals surface area contributed by atoms with Gasteiger partial charge >= 0.3 is 0 Å². The highest BCUT2D eigenvalue weighted by Gasteiger charge is 2.34. The van der Waals surface area contributed by atoms with Crippen molar-refractivity contribution in [2.45, 2.75) is 18.1 Å². The smallest absolute Gasteiger partial charge is 0.255 e. The molecule has 1 amide bonds. The number of thioether (sulfide) groups is 1. The van der Waals surface area contributed by atoms with Crippen molar-refractivity contribution in [3.63, 3.8) is 0 Å². The predicted octanol–water partition coefficient (Wildman–Crippen LogP) is 4.69. The van der Waals surface area contributed by atoms with Gasteiger partial charge in [-0.3, -0.25) is 4.79 Å². The van der Waals surface area contributed by atoms with E-state index in [1.807, 2.05) is 67.8 Å². The van der Waals surface area contributed by atoms with Gasteiger partial charge in [-0.2, -0.15) is 4.98 Å². The Morgan fingerprint density at radius 2 is 1.89 bits per heavy atom. The van der Waals surface area contributed by atoms with E-state index in [-0.39, 0.29) is 11.9 Å². The summed E-state index contributed by atoms with van der Waals surface area (Å²) in [5.41, 5.74) is 3.08. The molecule has 0 aliphatic carbocycles. The second-order valence-corrected chi connectivity index (χ2v) is 7.99. The Hall–Kier alpha value is -2.58. The number of halogens is 1. The normalized spacial score (nSPS) is 15.8. The molecule has 2 heterocycles. The lowest BCUT2D eigenvalue weighted by Crippen LogP contribution is -2.31. The van der Waals surface area contributed by atoms with Crippen molar-refractivity contribution in [2.75, 3.05) is 16.9 Å². The molecule has 8 heteroatoms. The van der Waals surface area contributed by atoms with Crippen LogP contribution in [0.2, 0.25) is 0 Å². The van der Waals surface area contributed by atoms with Gasteiger partial charge in [-0.1, -0.05) is 58.0 Å². The maximum absolute atomic E-state index is 13.2. The number of carbonyl (C=O) groups excluding carboxylic acids is 1. The SMILES string of the molecule is CSc1nc2n(n1)[C@H](c1ccccc1)C(C(=O)Nc1ccc(Br)cc1)=C(C)N2. The lowest BCUT2D eigenvalue weighted by Gasteiger charge is -2.28. The van der Waals surface area contributed by atoms with Crippen LogP contribution in [0.15, 0.2) is 75.5 Å².